The van der Waals surface area contributed by atoms with Crippen LogP contribution in [0.2, 0.25) is 0 Å². The number of thiazole rings is 1. The molecule has 2 heterocycles. The normalized spacial score (nSPS) is 16.9. The fraction of sp³-hybridized carbons (Fsp3) is 0.692. The molecule has 1 aliphatic rings. The third-order valence-electron chi connectivity index (χ3n) is 3.19. The maximum Gasteiger partial charge on any atom is 0.186 e. The molecular formula is C13H20N2OS. The predicted octanol–water partition coefficient (Wildman–Crippen LogP) is 3.29. The number of aldehydes is 1. The molecule has 0 aliphatic carbocycles. The van der Waals surface area contributed by atoms with E-state index in [9.17, 15) is 4.79 Å². The number of aromatic nitrogens is 1. The Morgan fingerprint density at radius 2 is 2.00 bits per heavy atom. The summed E-state index contributed by atoms with van der Waals surface area (Å²) < 4.78 is 0. The zero-order valence-corrected chi connectivity index (χ0v) is 11.3. The van der Waals surface area contributed by atoms with Gasteiger partial charge in [-0.3, -0.25) is 4.79 Å². The molecule has 0 radical (unpaired) electrons. The van der Waals surface area contributed by atoms with Crippen molar-refractivity contribution in [2.75, 3.05) is 18.0 Å². The summed E-state index contributed by atoms with van der Waals surface area (Å²) in [7, 11) is 0. The van der Waals surface area contributed by atoms with E-state index in [1.165, 1.54) is 25.7 Å². The number of carbonyl (C=O) groups is 1. The highest BCUT2D eigenvalue weighted by Crippen LogP contribution is 2.27. The molecule has 1 aliphatic heterocycles. The van der Waals surface area contributed by atoms with Crippen LogP contribution < -0.4 is 4.90 Å². The van der Waals surface area contributed by atoms with E-state index in [4.69, 9.17) is 0 Å². The second-order valence-corrected chi connectivity index (χ2v) is 5.59. The van der Waals surface area contributed by atoms with Crippen LogP contribution in [0.15, 0.2) is 0 Å². The molecule has 0 bridgehead atoms. The Bertz CT molecular complexity index is 367. The summed E-state index contributed by atoms with van der Waals surface area (Å²) in [5.74, 6) is 0. The zero-order valence-electron chi connectivity index (χ0n) is 10.4. The molecule has 0 unspecified atom stereocenters. The van der Waals surface area contributed by atoms with Gasteiger partial charge < -0.3 is 4.90 Å². The summed E-state index contributed by atoms with van der Waals surface area (Å²) in [5.41, 5.74) is 0.992. The van der Waals surface area contributed by atoms with Crippen molar-refractivity contribution >= 4 is 22.8 Å². The van der Waals surface area contributed by atoms with Gasteiger partial charge in [0, 0.05) is 13.1 Å². The number of carbonyl (C=O) groups excluding carboxylic acids is 1. The van der Waals surface area contributed by atoms with Gasteiger partial charge >= 0.3 is 0 Å². The molecule has 1 aromatic heterocycles. The second kappa shape index (κ2) is 6.15. The van der Waals surface area contributed by atoms with Crippen LogP contribution >= 0.6 is 11.3 Å². The van der Waals surface area contributed by atoms with E-state index in [-0.39, 0.29) is 0 Å². The minimum atomic E-state index is 0.825. The lowest BCUT2D eigenvalue weighted by molar-refractivity contribution is 0.112. The first-order chi connectivity index (χ1) is 8.35. The molecule has 0 aromatic carbocycles. The molecule has 0 N–H and O–H groups in total. The number of hydrogen-bond acceptors (Lipinski definition) is 4. The van der Waals surface area contributed by atoms with Crippen LogP contribution in [0.3, 0.4) is 0 Å². The van der Waals surface area contributed by atoms with Crippen LogP contribution in [0.25, 0.3) is 0 Å². The predicted molar refractivity (Wildman–Crippen MR) is 72.2 cm³/mol. The lowest BCUT2D eigenvalue weighted by Crippen LogP contribution is -2.23. The van der Waals surface area contributed by atoms with Gasteiger partial charge in [-0.1, -0.05) is 37.5 Å². The number of anilines is 1. The van der Waals surface area contributed by atoms with Gasteiger partial charge in [-0.2, -0.15) is 0 Å². The third-order valence-corrected chi connectivity index (χ3v) is 4.27. The Kier molecular flexibility index (Phi) is 4.54. The van der Waals surface area contributed by atoms with Crippen molar-refractivity contribution in [3.63, 3.8) is 0 Å². The average molecular weight is 252 g/mol. The van der Waals surface area contributed by atoms with Crippen molar-refractivity contribution in [3.8, 4) is 0 Å². The molecule has 17 heavy (non-hydrogen) atoms. The van der Waals surface area contributed by atoms with Crippen LogP contribution in [0, 0.1) is 0 Å². The Balaban J connectivity index is 2.16. The molecule has 0 amide bonds. The van der Waals surface area contributed by atoms with Gasteiger partial charge in [-0.05, 0) is 19.3 Å². The smallest absolute Gasteiger partial charge is 0.186 e. The van der Waals surface area contributed by atoms with E-state index in [2.05, 4.69) is 16.8 Å². The van der Waals surface area contributed by atoms with E-state index in [1.54, 1.807) is 11.3 Å². The Morgan fingerprint density at radius 3 is 2.59 bits per heavy atom. The molecule has 1 aromatic rings. The van der Waals surface area contributed by atoms with E-state index >= 15 is 0 Å². The topological polar surface area (TPSA) is 33.2 Å². The second-order valence-electron chi connectivity index (χ2n) is 4.58. The lowest BCUT2D eigenvalue weighted by atomic mass is 10.2. The molecule has 94 valence electrons. The van der Waals surface area contributed by atoms with Gasteiger partial charge in [0.1, 0.15) is 0 Å². The summed E-state index contributed by atoms with van der Waals surface area (Å²) in [4.78, 5) is 18.8. The standard InChI is InChI=1S/C13H20N2OS/c1-2-7-11-12(10-16)17-13(14-11)15-8-5-3-4-6-9-15/h10H,2-9H2,1H3. The third kappa shape index (κ3) is 3.06. The quantitative estimate of drug-likeness (QED) is 0.771. The van der Waals surface area contributed by atoms with Crippen molar-refractivity contribution < 1.29 is 4.79 Å². The summed E-state index contributed by atoms with van der Waals surface area (Å²) in [6.45, 7) is 4.31. The lowest BCUT2D eigenvalue weighted by Gasteiger charge is -2.18. The van der Waals surface area contributed by atoms with E-state index in [0.717, 1.165) is 47.9 Å². The van der Waals surface area contributed by atoms with Gasteiger partial charge in [0.25, 0.3) is 0 Å². The Hall–Kier alpha value is -0.900. The number of aryl methyl sites for hydroxylation is 1. The Labute approximate surface area is 107 Å². The van der Waals surface area contributed by atoms with E-state index in [0.29, 0.717) is 0 Å². The molecule has 1 saturated heterocycles. The fourth-order valence-corrected chi connectivity index (χ4v) is 3.23. The van der Waals surface area contributed by atoms with Gasteiger partial charge in [-0.15, -0.1) is 0 Å². The van der Waals surface area contributed by atoms with Crippen molar-refractivity contribution in [2.45, 2.75) is 45.4 Å². The number of hydrogen-bond donors (Lipinski definition) is 0. The van der Waals surface area contributed by atoms with Crippen LogP contribution in [0.4, 0.5) is 5.13 Å². The summed E-state index contributed by atoms with van der Waals surface area (Å²) >= 11 is 1.56. The Morgan fingerprint density at radius 1 is 1.29 bits per heavy atom. The van der Waals surface area contributed by atoms with E-state index in [1.807, 2.05) is 0 Å². The van der Waals surface area contributed by atoms with E-state index < -0.39 is 0 Å². The minimum absolute atomic E-state index is 0.825. The van der Waals surface area contributed by atoms with Crippen LogP contribution in [-0.4, -0.2) is 24.4 Å². The van der Waals surface area contributed by atoms with Crippen LogP contribution in [0.1, 0.15) is 54.4 Å². The monoisotopic (exact) mass is 252 g/mol. The van der Waals surface area contributed by atoms with Crippen molar-refractivity contribution in [2.24, 2.45) is 0 Å². The molecule has 0 spiro atoms. The maximum absolute atomic E-state index is 11.0. The van der Waals surface area contributed by atoms with Gasteiger partial charge in [0.2, 0.25) is 0 Å². The summed E-state index contributed by atoms with van der Waals surface area (Å²) in [6, 6.07) is 0. The molecule has 0 atom stereocenters. The first kappa shape index (κ1) is 12.6. The van der Waals surface area contributed by atoms with Gasteiger partial charge in [0.05, 0.1) is 10.6 Å². The average Bonchev–Trinajstić information content (AvgIpc) is 2.58. The van der Waals surface area contributed by atoms with Gasteiger partial charge in [0.15, 0.2) is 11.4 Å². The largest absolute Gasteiger partial charge is 0.348 e. The fourth-order valence-electron chi connectivity index (χ4n) is 2.26. The van der Waals surface area contributed by atoms with Crippen molar-refractivity contribution in [1.82, 2.24) is 4.98 Å². The minimum Gasteiger partial charge on any atom is -0.348 e. The summed E-state index contributed by atoms with van der Waals surface area (Å²) in [5, 5.41) is 1.05. The van der Waals surface area contributed by atoms with Crippen molar-refractivity contribution in [1.29, 1.82) is 0 Å². The molecule has 4 heteroatoms. The summed E-state index contributed by atoms with van der Waals surface area (Å²) in [6.07, 6.45) is 8.07. The zero-order chi connectivity index (χ0) is 12.1. The molecule has 1 fully saturated rings. The number of rotatable bonds is 4. The molecule has 2 rings (SSSR count). The first-order valence-corrected chi connectivity index (χ1v) is 7.36. The molecule has 3 nitrogen and oxygen atoms in total. The highest BCUT2D eigenvalue weighted by Gasteiger charge is 2.16. The van der Waals surface area contributed by atoms with Gasteiger partial charge in [-0.25, -0.2) is 4.98 Å². The van der Waals surface area contributed by atoms with Crippen LogP contribution in [-0.2, 0) is 6.42 Å². The SMILES string of the molecule is CCCc1nc(N2CCCCCC2)sc1C=O. The first-order valence-electron chi connectivity index (χ1n) is 6.55. The number of nitrogens with zero attached hydrogens (tertiary/aromatic N) is 2. The molecule has 0 saturated carbocycles. The highest BCUT2D eigenvalue weighted by atomic mass is 32.1. The van der Waals surface area contributed by atoms with Crippen LogP contribution in [0.5, 0.6) is 0 Å². The van der Waals surface area contributed by atoms with Crippen molar-refractivity contribution in [3.05, 3.63) is 10.6 Å². The highest BCUT2D eigenvalue weighted by molar-refractivity contribution is 7.17. The molecular weight excluding hydrogens is 232 g/mol. The maximum atomic E-state index is 11.0.